The van der Waals surface area contributed by atoms with Crippen LogP contribution in [0, 0.1) is 36.5 Å². The van der Waals surface area contributed by atoms with Crippen LogP contribution in [0.5, 0.6) is 11.6 Å². The largest absolute Gasteiger partial charge is 0.437 e. The molecule has 0 bridgehead atoms. The Morgan fingerprint density at radius 2 is 1.66 bits per heavy atom. The van der Waals surface area contributed by atoms with Crippen molar-refractivity contribution in [3.8, 4) is 23.8 Å². The molecule has 1 aromatic heterocycles. The van der Waals surface area contributed by atoms with Gasteiger partial charge in [0.05, 0.1) is 23.3 Å². The summed E-state index contributed by atoms with van der Waals surface area (Å²) in [6.07, 6.45) is 0.486. The summed E-state index contributed by atoms with van der Waals surface area (Å²) in [5, 5.41) is 21.1. The van der Waals surface area contributed by atoms with Gasteiger partial charge in [-0.15, -0.1) is 0 Å². The van der Waals surface area contributed by atoms with E-state index in [0.29, 0.717) is 45.3 Å². The van der Waals surface area contributed by atoms with Crippen LogP contribution in [0.3, 0.4) is 0 Å². The molecule has 2 aromatic carbocycles. The first-order chi connectivity index (χ1) is 13.9. The number of anilines is 1. The molecular weight excluding hydrogens is 449 g/mol. The minimum Gasteiger partial charge on any atom is -0.437 e. The van der Waals surface area contributed by atoms with E-state index in [1.54, 1.807) is 24.3 Å². The molecule has 0 aliphatic rings. The summed E-state index contributed by atoms with van der Waals surface area (Å²) in [6.45, 7) is 3.79. The number of nitriles is 2. The van der Waals surface area contributed by atoms with E-state index < -0.39 is 0 Å². The first kappa shape index (κ1) is 20.7. The highest BCUT2D eigenvalue weighted by atomic mass is 79.9. The summed E-state index contributed by atoms with van der Waals surface area (Å²) >= 11 is 3.50. The van der Waals surface area contributed by atoms with Crippen molar-refractivity contribution in [2.75, 3.05) is 5.09 Å². The third-order valence-corrected chi connectivity index (χ3v) is 5.23. The molecule has 1 unspecified atom stereocenters. The normalized spacial score (nSPS) is 10.1. The number of hydrogen-bond donors (Lipinski definition) is 1. The maximum Gasteiger partial charge on any atom is 0.239 e. The van der Waals surface area contributed by atoms with Gasteiger partial charge < -0.3 is 9.82 Å². The number of nitrogens with one attached hydrogen (secondary N) is 1. The van der Waals surface area contributed by atoms with E-state index >= 15 is 0 Å². The van der Waals surface area contributed by atoms with Crippen molar-refractivity contribution in [2.24, 2.45) is 0 Å². The van der Waals surface area contributed by atoms with E-state index in [2.05, 4.69) is 52.5 Å². The van der Waals surface area contributed by atoms with E-state index in [1.807, 2.05) is 26.0 Å². The van der Waals surface area contributed by atoms with Crippen LogP contribution in [0.2, 0.25) is 0 Å². The Hall–Kier alpha value is -2.99. The Kier molecular flexibility index (Phi) is 6.44. The van der Waals surface area contributed by atoms with Crippen LogP contribution >= 0.6 is 25.3 Å². The fourth-order valence-electron chi connectivity index (χ4n) is 2.87. The zero-order valence-electron chi connectivity index (χ0n) is 15.8. The van der Waals surface area contributed by atoms with Gasteiger partial charge in [-0.3, -0.25) is 0 Å². The molecule has 1 heterocycles. The molecule has 0 saturated carbocycles. The minimum absolute atomic E-state index is 0.379. The van der Waals surface area contributed by atoms with Crippen LogP contribution in [0.15, 0.2) is 40.9 Å². The molecule has 0 aliphatic heterocycles. The smallest absolute Gasteiger partial charge is 0.239 e. The Morgan fingerprint density at radius 1 is 1.03 bits per heavy atom. The minimum atomic E-state index is 0.379. The molecule has 0 radical (unpaired) electrons. The number of halogens is 1. The standard InChI is InChI=1S/C21H17BrN5OP/c1-12-7-16(11-24)8-13(2)19(12)28-21-18(22)20(27-29)25-17(26-21)9-14-3-5-15(10-23)6-4-14/h3-8H,9,29H2,1-2H3,(H,25,26,27). The molecule has 0 aliphatic carbocycles. The van der Waals surface area contributed by atoms with E-state index in [4.69, 9.17) is 15.3 Å². The van der Waals surface area contributed by atoms with Gasteiger partial charge in [0.1, 0.15) is 16.0 Å². The third kappa shape index (κ3) is 4.71. The van der Waals surface area contributed by atoms with Crippen molar-refractivity contribution in [1.29, 1.82) is 10.5 Å². The molecule has 3 aromatic rings. The SMILES string of the molecule is Cc1cc(C#N)cc(C)c1Oc1nc(Cc2ccc(C#N)cc2)nc(NP)c1Br. The van der Waals surface area contributed by atoms with Crippen LogP contribution in [0.1, 0.15) is 33.6 Å². The molecule has 144 valence electrons. The topological polar surface area (TPSA) is 94.6 Å². The summed E-state index contributed by atoms with van der Waals surface area (Å²) in [4.78, 5) is 9.10. The van der Waals surface area contributed by atoms with Crippen LogP contribution in [0.25, 0.3) is 0 Å². The van der Waals surface area contributed by atoms with Crippen molar-refractivity contribution in [1.82, 2.24) is 9.97 Å². The lowest BCUT2D eigenvalue weighted by Gasteiger charge is -2.15. The number of ether oxygens (including phenoxy) is 1. The molecule has 0 spiro atoms. The van der Waals surface area contributed by atoms with Gasteiger partial charge in [0.2, 0.25) is 5.88 Å². The number of nitrogens with zero attached hydrogens (tertiary/aromatic N) is 4. The molecule has 0 fully saturated rings. The summed E-state index contributed by atoms with van der Waals surface area (Å²) in [7, 11) is 2.42. The van der Waals surface area contributed by atoms with Gasteiger partial charge in [-0.1, -0.05) is 12.1 Å². The molecule has 1 N–H and O–H groups in total. The number of rotatable bonds is 5. The number of aromatic nitrogens is 2. The van der Waals surface area contributed by atoms with Crippen LogP contribution in [0.4, 0.5) is 5.82 Å². The highest BCUT2D eigenvalue weighted by Gasteiger charge is 2.16. The monoisotopic (exact) mass is 465 g/mol. The zero-order valence-corrected chi connectivity index (χ0v) is 18.6. The maximum atomic E-state index is 9.14. The van der Waals surface area contributed by atoms with E-state index in [9.17, 15) is 0 Å². The fourth-order valence-corrected chi connectivity index (χ4v) is 3.66. The van der Waals surface area contributed by atoms with Gasteiger partial charge in [0.25, 0.3) is 0 Å². The van der Waals surface area contributed by atoms with Gasteiger partial charge in [-0.25, -0.2) is 4.98 Å². The molecule has 29 heavy (non-hydrogen) atoms. The molecule has 6 nitrogen and oxygen atoms in total. The summed E-state index contributed by atoms with van der Waals surface area (Å²) in [5.41, 5.74) is 3.87. The highest BCUT2D eigenvalue weighted by molar-refractivity contribution is 9.10. The lowest BCUT2D eigenvalue weighted by molar-refractivity contribution is 0.449. The maximum absolute atomic E-state index is 9.14. The molecule has 3 rings (SSSR count). The number of benzene rings is 2. The van der Waals surface area contributed by atoms with E-state index in [0.717, 1.165) is 16.7 Å². The molecule has 0 amide bonds. The fraction of sp³-hybridized carbons (Fsp3) is 0.143. The molecule has 0 saturated heterocycles. The molecular formula is C21H17BrN5OP. The van der Waals surface area contributed by atoms with Crippen LogP contribution in [-0.2, 0) is 6.42 Å². The van der Waals surface area contributed by atoms with Gasteiger partial charge in [0.15, 0.2) is 5.82 Å². The van der Waals surface area contributed by atoms with Gasteiger partial charge >= 0.3 is 0 Å². The van der Waals surface area contributed by atoms with Gasteiger partial charge in [-0.2, -0.15) is 15.5 Å². The first-order valence-corrected chi connectivity index (χ1v) is 10.0. The van der Waals surface area contributed by atoms with Crippen molar-refractivity contribution < 1.29 is 4.74 Å². The molecule has 1 atom stereocenters. The Labute approximate surface area is 180 Å². The second kappa shape index (κ2) is 9.01. The average Bonchev–Trinajstić information content (AvgIpc) is 2.72. The lowest BCUT2D eigenvalue weighted by Crippen LogP contribution is -2.04. The van der Waals surface area contributed by atoms with Gasteiger partial charge in [-0.05, 0) is 80.1 Å². The Balaban J connectivity index is 1.98. The summed E-state index contributed by atoms with van der Waals surface area (Å²) in [5.74, 6) is 2.18. The average molecular weight is 466 g/mol. The lowest BCUT2D eigenvalue weighted by atomic mass is 10.1. The van der Waals surface area contributed by atoms with Gasteiger partial charge in [0, 0.05) is 6.42 Å². The van der Waals surface area contributed by atoms with Crippen LogP contribution in [-0.4, -0.2) is 9.97 Å². The zero-order chi connectivity index (χ0) is 21.0. The second-order valence-electron chi connectivity index (χ2n) is 6.39. The van der Waals surface area contributed by atoms with E-state index in [-0.39, 0.29) is 0 Å². The highest BCUT2D eigenvalue weighted by Crippen LogP contribution is 2.36. The summed E-state index contributed by atoms with van der Waals surface area (Å²) < 4.78 is 6.72. The van der Waals surface area contributed by atoms with Crippen molar-refractivity contribution in [3.63, 3.8) is 0 Å². The van der Waals surface area contributed by atoms with Crippen LogP contribution < -0.4 is 9.82 Å². The number of hydrogen-bond acceptors (Lipinski definition) is 6. The molecule has 8 heteroatoms. The van der Waals surface area contributed by atoms with Crippen molar-refractivity contribution >= 4 is 31.1 Å². The quantitative estimate of drug-likeness (QED) is 0.521. The van der Waals surface area contributed by atoms with Crippen molar-refractivity contribution in [2.45, 2.75) is 20.3 Å². The predicted octanol–water partition coefficient (Wildman–Crippen LogP) is 5.18. The predicted molar refractivity (Wildman–Crippen MR) is 118 cm³/mol. The van der Waals surface area contributed by atoms with E-state index in [1.165, 1.54) is 0 Å². The Morgan fingerprint density at radius 3 is 2.21 bits per heavy atom. The number of aryl methyl sites for hydroxylation is 2. The third-order valence-electron chi connectivity index (χ3n) is 4.24. The Bertz CT molecular complexity index is 1130. The van der Waals surface area contributed by atoms with Crippen molar-refractivity contribution in [3.05, 3.63) is 74.5 Å². The first-order valence-electron chi connectivity index (χ1n) is 8.66. The second-order valence-corrected chi connectivity index (χ2v) is 7.47. The summed E-state index contributed by atoms with van der Waals surface area (Å²) in [6, 6.07) is 15.1.